The summed E-state index contributed by atoms with van der Waals surface area (Å²) < 4.78 is 0. The number of allylic oxidation sites excluding steroid dienone is 1. The van der Waals surface area contributed by atoms with Crippen LogP contribution in [0.5, 0.6) is 0 Å². The molecule has 0 unspecified atom stereocenters. The standard InChI is InChI=1S/C8H13NO/c1-2-4-8(10)7-5-3-6-9-7/h2,4,7,9H,3,5-6H2,1H3/b4-2+/t7-/m0/s1. The summed E-state index contributed by atoms with van der Waals surface area (Å²) >= 11 is 0. The van der Waals surface area contributed by atoms with Crippen molar-refractivity contribution in [3.05, 3.63) is 12.2 Å². The van der Waals surface area contributed by atoms with E-state index in [1.165, 1.54) is 0 Å². The van der Waals surface area contributed by atoms with Gasteiger partial charge in [0.1, 0.15) is 0 Å². The van der Waals surface area contributed by atoms with Gasteiger partial charge in [-0.25, -0.2) is 0 Å². The number of hydrogen-bond acceptors (Lipinski definition) is 2. The van der Waals surface area contributed by atoms with Gasteiger partial charge in [-0.1, -0.05) is 6.08 Å². The number of carbonyl (C=O) groups is 1. The van der Waals surface area contributed by atoms with Crippen LogP contribution in [-0.2, 0) is 4.79 Å². The molecule has 1 heterocycles. The molecule has 1 rings (SSSR count). The van der Waals surface area contributed by atoms with Crippen molar-refractivity contribution in [2.45, 2.75) is 25.8 Å². The molecule has 10 heavy (non-hydrogen) atoms. The smallest absolute Gasteiger partial charge is 0.172 e. The van der Waals surface area contributed by atoms with Crippen molar-refractivity contribution in [1.29, 1.82) is 0 Å². The average Bonchev–Trinajstić information content (AvgIpc) is 2.38. The zero-order valence-corrected chi connectivity index (χ0v) is 6.26. The minimum absolute atomic E-state index is 0.108. The van der Waals surface area contributed by atoms with Gasteiger partial charge in [-0.05, 0) is 32.4 Å². The molecule has 1 saturated heterocycles. The van der Waals surface area contributed by atoms with Gasteiger partial charge in [0, 0.05) is 0 Å². The molecule has 0 aromatic rings. The van der Waals surface area contributed by atoms with Crippen molar-refractivity contribution in [3.8, 4) is 0 Å². The third-order valence-corrected chi connectivity index (χ3v) is 1.73. The van der Waals surface area contributed by atoms with Crippen LogP contribution in [0.1, 0.15) is 19.8 Å². The van der Waals surface area contributed by atoms with Gasteiger partial charge in [0.2, 0.25) is 0 Å². The highest BCUT2D eigenvalue weighted by atomic mass is 16.1. The van der Waals surface area contributed by atoms with E-state index in [9.17, 15) is 4.79 Å². The number of hydrogen-bond donors (Lipinski definition) is 1. The zero-order valence-electron chi connectivity index (χ0n) is 6.26. The molecule has 1 aliphatic rings. The highest BCUT2D eigenvalue weighted by molar-refractivity contribution is 5.94. The molecule has 56 valence electrons. The molecule has 1 N–H and O–H groups in total. The van der Waals surface area contributed by atoms with E-state index in [-0.39, 0.29) is 11.8 Å². The summed E-state index contributed by atoms with van der Waals surface area (Å²) in [5.74, 6) is 0.222. The van der Waals surface area contributed by atoms with E-state index in [1.54, 1.807) is 12.2 Å². The third kappa shape index (κ3) is 1.67. The van der Waals surface area contributed by atoms with Crippen molar-refractivity contribution < 1.29 is 4.79 Å². The topological polar surface area (TPSA) is 29.1 Å². The number of carbonyl (C=O) groups excluding carboxylic acids is 1. The van der Waals surface area contributed by atoms with Gasteiger partial charge in [0.15, 0.2) is 5.78 Å². The van der Waals surface area contributed by atoms with Gasteiger partial charge in [0.25, 0.3) is 0 Å². The maximum absolute atomic E-state index is 11.1. The Kier molecular flexibility index (Phi) is 2.63. The van der Waals surface area contributed by atoms with Crippen LogP contribution in [0.2, 0.25) is 0 Å². The molecular weight excluding hydrogens is 126 g/mol. The Hall–Kier alpha value is -0.630. The highest BCUT2D eigenvalue weighted by Gasteiger charge is 2.18. The lowest BCUT2D eigenvalue weighted by Gasteiger charge is -2.02. The Balaban J connectivity index is 2.40. The van der Waals surface area contributed by atoms with Gasteiger partial charge >= 0.3 is 0 Å². The van der Waals surface area contributed by atoms with E-state index in [4.69, 9.17) is 0 Å². The summed E-state index contributed by atoms with van der Waals surface area (Å²) in [6.07, 6.45) is 5.57. The van der Waals surface area contributed by atoms with Crippen LogP contribution in [-0.4, -0.2) is 18.4 Å². The molecule has 1 aliphatic heterocycles. The SMILES string of the molecule is C/C=C/C(=O)[C@@H]1CCCN1. The fourth-order valence-electron chi connectivity index (χ4n) is 1.21. The van der Waals surface area contributed by atoms with Crippen molar-refractivity contribution in [2.24, 2.45) is 0 Å². The Bertz CT molecular complexity index is 145. The lowest BCUT2D eigenvalue weighted by Crippen LogP contribution is -2.29. The molecule has 0 bridgehead atoms. The lowest BCUT2D eigenvalue weighted by atomic mass is 10.1. The number of ketones is 1. The first kappa shape index (κ1) is 7.48. The van der Waals surface area contributed by atoms with E-state index < -0.39 is 0 Å². The normalized spacial score (nSPS) is 25.9. The second-order valence-corrected chi connectivity index (χ2v) is 2.55. The Morgan fingerprint density at radius 1 is 1.70 bits per heavy atom. The van der Waals surface area contributed by atoms with Crippen LogP contribution < -0.4 is 5.32 Å². The lowest BCUT2D eigenvalue weighted by molar-refractivity contribution is -0.116. The van der Waals surface area contributed by atoms with E-state index in [1.807, 2.05) is 6.92 Å². The summed E-state index contributed by atoms with van der Waals surface area (Å²) in [4.78, 5) is 11.1. The van der Waals surface area contributed by atoms with Crippen LogP contribution in [0, 0.1) is 0 Å². The third-order valence-electron chi connectivity index (χ3n) is 1.73. The fraction of sp³-hybridized carbons (Fsp3) is 0.625. The second kappa shape index (κ2) is 3.52. The molecule has 0 aromatic heterocycles. The zero-order chi connectivity index (χ0) is 7.40. The first-order chi connectivity index (χ1) is 4.84. The monoisotopic (exact) mass is 139 g/mol. The van der Waals surface area contributed by atoms with E-state index in [0.29, 0.717) is 0 Å². The van der Waals surface area contributed by atoms with Gasteiger partial charge < -0.3 is 5.32 Å². The van der Waals surface area contributed by atoms with Crippen LogP contribution >= 0.6 is 0 Å². The molecule has 0 radical (unpaired) electrons. The summed E-state index contributed by atoms with van der Waals surface area (Å²) in [5, 5.41) is 3.14. The molecule has 0 aliphatic carbocycles. The summed E-state index contributed by atoms with van der Waals surface area (Å²) in [6.45, 7) is 2.86. The molecule has 0 saturated carbocycles. The molecule has 1 fully saturated rings. The fourth-order valence-corrected chi connectivity index (χ4v) is 1.21. The van der Waals surface area contributed by atoms with Crippen molar-refractivity contribution in [3.63, 3.8) is 0 Å². The number of rotatable bonds is 2. The van der Waals surface area contributed by atoms with Crippen LogP contribution in [0.3, 0.4) is 0 Å². The predicted molar refractivity (Wildman–Crippen MR) is 40.8 cm³/mol. The Morgan fingerprint density at radius 3 is 3.00 bits per heavy atom. The highest BCUT2D eigenvalue weighted by Crippen LogP contribution is 2.05. The van der Waals surface area contributed by atoms with E-state index >= 15 is 0 Å². The predicted octanol–water partition coefficient (Wildman–Crippen LogP) is 0.884. The van der Waals surface area contributed by atoms with Crippen molar-refractivity contribution in [2.75, 3.05) is 6.54 Å². The summed E-state index contributed by atoms with van der Waals surface area (Å²) in [5.41, 5.74) is 0. The second-order valence-electron chi connectivity index (χ2n) is 2.55. The summed E-state index contributed by atoms with van der Waals surface area (Å²) in [7, 11) is 0. The minimum Gasteiger partial charge on any atom is -0.307 e. The van der Waals surface area contributed by atoms with Gasteiger partial charge in [0.05, 0.1) is 6.04 Å². The Morgan fingerprint density at radius 2 is 2.50 bits per heavy atom. The van der Waals surface area contributed by atoms with Crippen LogP contribution in [0.25, 0.3) is 0 Å². The molecule has 0 spiro atoms. The Labute approximate surface area is 61.3 Å². The molecular formula is C8H13NO. The van der Waals surface area contributed by atoms with Gasteiger partial charge in [-0.15, -0.1) is 0 Å². The first-order valence-corrected chi connectivity index (χ1v) is 3.74. The van der Waals surface area contributed by atoms with E-state index in [0.717, 1.165) is 19.4 Å². The largest absolute Gasteiger partial charge is 0.307 e. The maximum atomic E-state index is 11.1. The van der Waals surface area contributed by atoms with Crippen molar-refractivity contribution in [1.82, 2.24) is 5.32 Å². The molecule has 2 nitrogen and oxygen atoms in total. The van der Waals surface area contributed by atoms with Crippen molar-refractivity contribution >= 4 is 5.78 Å². The van der Waals surface area contributed by atoms with Gasteiger partial charge in [-0.2, -0.15) is 0 Å². The number of nitrogens with one attached hydrogen (secondary N) is 1. The molecule has 1 atom stereocenters. The maximum Gasteiger partial charge on any atom is 0.172 e. The molecule has 0 amide bonds. The van der Waals surface area contributed by atoms with Crippen LogP contribution in [0.4, 0.5) is 0 Å². The minimum atomic E-state index is 0.108. The quantitative estimate of drug-likeness (QED) is 0.575. The molecule has 2 heteroatoms. The molecule has 0 aromatic carbocycles. The van der Waals surface area contributed by atoms with E-state index in [2.05, 4.69) is 5.32 Å². The van der Waals surface area contributed by atoms with Crippen LogP contribution in [0.15, 0.2) is 12.2 Å². The average molecular weight is 139 g/mol. The first-order valence-electron chi connectivity index (χ1n) is 3.74. The summed E-state index contributed by atoms with van der Waals surface area (Å²) in [6, 6.07) is 0.108. The van der Waals surface area contributed by atoms with Gasteiger partial charge in [-0.3, -0.25) is 4.79 Å².